The zero-order valence-corrected chi connectivity index (χ0v) is 21.6. The third-order valence-electron chi connectivity index (χ3n) is 5.76. The molecule has 0 aliphatic carbocycles. The van der Waals surface area contributed by atoms with E-state index in [0.29, 0.717) is 22.1 Å². The number of rotatable bonds is 8. The van der Waals surface area contributed by atoms with Gasteiger partial charge in [0.15, 0.2) is 6.61 Å². The van der Waals surface area contributed by atoms with Crippen molar-refractivity contribution in [1.29, 1.82) is 0 Å². The van der Waals surface area contributed by atoms with E-state index in [2.05, 4.69) is 24.4 Å². The summed E-state index contributed by atoms with van der Waals surface area (Å²) in [7, 11) is 0. The van der Waals surface area contributed by atoms with Crippen LogP contribution in [-0.2, 0) is 4.79 Å². The minimum Gasteiger partial charge on any atom is -0.483 e. The number of esters is 1. The average molecular weight is 515 g/mol. The molecule has 0 saturated heterocycles. The number of nitrogens with one attached hydrogen (secondary N) is 1. The highest BCUT2D eigenvalue weighted by molar-refractivity contribution is 6.33. The molecule has 4 aromatic rings. The topological polar surface area (TPSA) is 77.0 Å². The van der Waals surface area contributed by atoms with Gasteiger partial charge in [-0.1, -0.05) is 80.0 Å². The van der Waals surface area contributed by atoms with E-state index in [1.165, 1.54) is 6.21 Å². The van der Waals surface area contributed by atoms with Crippen molar-refractivity contribution in [3.63, 3.8) is 0 Å². The van der Waals surface area contributed by atoms with E-state index in [0.717, 1.165) is 21.9 Å². The van der Waals surface area contributed by atoms with Gasteiger partial charge in [0.2, 0.25) is 0 Å². The molecular formula is C30H27ClN2O4. The Morgan fingerprint density at radius 2 is 1.73 bits per heavy atom. The Balaban J connectivity index is 1.51. The lowest BCUT2D eigenvalue weighted by Gasteiger charge is -2.14. The van der Waals surface area contributed by atoms with Gasteiger partial charge in [-0.3, -0.25) is 4.79 Å². The van der Waals surface area contributed by atoms with Gasteiger partial charge in [0, 0.05) is 5.56 Å². The normalized spacial score (nSPS) is 11.2. The molecule has 0 bridgehead atoms. The molecule has 188 valence electrons. The number of nitrogens with zero attached hydrogens (tertiary/aromatic N) is 1. The van der Waals surface area contributed by atoms with E-state index in [-0.39, 0.29) is 18.1 Å². The third kappa shape index (κ3) is 6.35. The second kappa shape index (κ2) is 11.7. The predicted molar refractivity (Wildman–Crippen MR) is 147 cm³/mol. The summed E-state index contributed by atoms with van der Waals surface area (Å²) in [6.45, 7) is 5.93. The van der Waals surface area contributed by atoms with Gasteiger partial charge in [-0.25, -0.2) is 10.2 Å². The van der Waals surface area contributed by atoms with Crippen LogP contribution >= 0.6 is 11.6 Å². The van der Waals surface area contributed by atoms with Crippen LogP contribution in [0, 0.1) is 6.92 Å². The number of halogens is 1. The number of benzene rings is 4. The molecule has 0 radical (unpaired) electrons. The van der Waals surface area contributed by atoms with E-state index in [4.69, 9.17) is 21.1 Å². The average Bonchev–Trinajstić information content (AvgIpc) is 2.88. The molecular weight excluding hydrogens is 488 g/mol. The summed E-state index contributed by atoms with van der Waals surface area (Å²) in [4.78, 5) is 25.3. The summed E-state index contributed by atoms with van der Waals surface area (Å²) < 4.78 is 11.5. The number of hydrazone groups is 1. The number of aryl methyl sites for hydroxylation is 1. The highest BCUT2D eigenvalue weighted by Gasteiger charge is 2.16. The van der Waals surface area contributed by atoms with E-state index in [1.807, 2.05) is 55.5 Å². The highest BCUT2D eigenvalue weighted by Crippen LogP contribution is 2.29. The summed E-state index contributed by atoms with van der Waals surface area (Å²) >= 11 is 6.16. The molecule has 4 aromatic carbocycles. The van der Waals surface area contributed by atoms with Gasteiger partial charge in [-0.05, 0) is 59.0 Å². The van der Waals surface area contributed by atoms with Crippen molar-refractivity contribution in [3.8, 4) is 11.5 Å². The van der Waals surface area contributed by atoms with Crippen LogP contribution in [0.2, 0.25) is 5.02 Å². The molecule has 37 heavy (non-hydrogen) atoms. The van der Waals surface area contributed by atoms with Crippen molar-refractivity contribution in [3.05, 3.63) is 106 Å². The molecule has 0 aromatic heterocycles. The molecule has 0 atom stereocenters. The number of hydrogen-bond donors (Lipinski definition) is 1. The minimum atomic E-state index is -0.591. The molecule has 4 rings (SSSR count). The molecule has 7 heteroatoms. The maximum atomic E-state index is 12.8. The molecule has 0 aliphatic heterocycles. The number of hydrogen-bond acceptors (Lipinski definition) is 5. The Morgan fingerprint density at radius 1 is 0.973 bits per heavy atom. The SMILES string of the molecule is Cc1ccc(C(C)C)c(OCC(=O)N/N=C\c2c(OC(=O)c3ccccc3Cl)ccc3ccccc23)c1. The number of amides is 1. The summed E-state index contributed by atoms with van der Waals surface area (Å²) in [6.07, 6.45) is 1.46. The van der Waals surface area contributed by atoms with Gasteiger partial charge >= 0.3 is 5.97 Å². The summed E-state index contributed by atoms with van der Waals surface area (Å²) in [5.74, 6) is 0.223. The molecule has 0 saturated carbocycles. The maximum absolute atomic E-state index is 12.8. The zero-order valence-electron chi connectivity index (χ0n) is 20.8. The fraction of sp³-hybridized carbons (Fsp3) is 0.167. The molecule has 6 nitrogen and oxygen atoms in total. The smallest absolute Gasteiger partial charge is 0.345 e. The second-order valence-electron chi connectivity index (χ2n) is 8.85. The summed E-state index contributed by atoms with van der Waals surface area (Å²) in [6, 6.07) is 23.8. The Labute approximate surface area is 220 Å². The van der Waals surface area contributed by atoms with Gasteiger partial charge in [-0.2, -0.15) is 5.10 Å². The van der Waals surface area contributed by atoms with Crippen LogP contribution in [0.15, 0.2) is 84.0 Å². The molecule has 0 aliphatic rings. The van der Waals surface area contributed by atoms with Gasteiger partial charge in [0.25, 0.3) is 5.91 Å². The Kier molecular flexibility index (Phi) is 8.21. The standard InChI is InChI=1S/C30H27ClN2O4/c1-19(2)22-14-12-20(3)16-28(22)36-18-29(34)33-32-17-25-23-9-5-4-8-21(23)13-15-27(25)37-30(35)24-10-6-7-11-26(24)31/h4-17,19H,18H2,1-3H3,(H,33,34)/b32-17-. The monoisotopic (exact) mass is 514 g/mol. The van der Waals surface area contributed by atoms with Crippen LogP contribution < -0.4 is 14.9 Å². The fourth-order valence-corrected chi connectivity index (χ4v) is 4.08. The van der Waals surface area contributed by atoms with Crippen LogP contribution in [0.1, 0.15) is 46.8 Å². The van der Waals surface area contributed by atoms with Crippen molar-refractivity contribution < 1.29 is 19.1 Å². The zero-order chi connectivity index (χ0) is 26.4. The Bertz CT molecular complexity index is 1480. The van der Waals surface area contributed by atoms with Crippen LogP contribution in [0.5, 0.6) is 11.5 Å². The first kappa shape index (κ1) is 25.9. The number of fused-ring (bicyclic) bond motifs is 1. The first-order chi connectivity index (χ1) is 17.8. The van der Waals surface area contributed by atoms with Crippen molar-refractivity contribution in [2.24, 2.45) is 5.10 Å². The molecule has 0 spiro atoms. The first-order valence-electron chi connectivity index (χ1n) is 11.9. The lowest BCUT2D eigenvalue weighted by molar-refractivity contribution is -0.123. The van der Waals surface area contributed by atoms with Gasteiger partial charge in [0.05, 0.1) is 16.8 Å². The van der Waals surface area contributed by atoms with Crippen LogP contribution in [-0.4, -0.2) is 24.7 Å². The molecule has 1 N–H and O–H groups in total. The summed E-state index contributed by atoms with van der Waals surface area (Å²) in [5, 5.41) is 6.15. The lowest BCUT2D eigenvalue weighted by Crippen LogP contribution is -2.25. The third-order valence-corrected chi connectivity index (χ3v) is 6.09. The molecule has 0 heterocycles. The lowest BCUT2D eigenvalue weighted by atomic mass is 10.0. The van der Waals surface area contributed by atoms with E-state index < -0.39 is 11.9 Å². The van der Waals surface area contributed by atoms with Crippen molar-refractivity contribution >= 4 is 40.5 Å². The number of carbonyl (C=O) groups is 2. The number of ether oxygens (including phenoxy) is 2. The molecule has 0 unspecified atom stereocenters. The summed E-state index contributed by atoms with van der Waals surface area (Å²) in [5.41, 5.74) is 5.37. The van der Waals surface area contributed by atoms with E-state index in [9.17, 15) is 9.59 Å². The van der Waals surface area contributed by atoms with Crippen LogP contribution in [0.25, 0.3) is 10.8 Å². The Morgan fingerprint density at radius 3 is 2.51 bits per heavy atom. The van der Waals surface area contributed by atoms with Gasteiger partial charge in [0.1, 0.15) is 11.5 Å². The quantitative estimate of drug-likeness (QED) is 0.123. The Hall–Kier alpha value is -4.16. The van der Waals surface area contributed by atoms with Crippen molar-refractivity contribution in [1.82, 2.24) is 5.43 Å². The molecule has 0 fully saturated rings. The van der Waals surface area contributed by atoms with Crippen molar-refractivity contribution in [2.45, 2.75) is 26.7 Å². The first-order valence-corrected chi connectivity index (χ1v) is 12.2. The van der Waals surface area contributed by atoms with Crippen LogP contribution in [0.4, 0.5) is 0 Å². The van der Waals surface area contributed by atoms with Gasteiger partial charge in [-0.15, -0.1) is 0 Å². The number of carbonyl (C=O) groups excluding carboxylic acids is 2. The highest BCUT2D eigenvalue weighted by atomic mass is 35.5. The van der Waals surface area contributed by atoms with Crippen molar-refractivity contribution in [2.75, 3.05) is 6.61 Å². The maximum Gasteiger partial charge on any atom is 0.345 e. The fourth-order valence-electron chi connectivity index (χ4n) is 3.87. The van der Waals surface area contributed by atoms with E-state index in [1.54, 1.807) is 30.3 Å². The molecule has 1 amide bonds. The van der Waals surface area contributed by atoms with Gasteiger partial charge < -0.3 is 9.47 Å². The van der Waals surface area contributed by atoms with E-state index >= 15 is 0 Å². The minimum absolute atomic E-state index is 0.190. The largest absolute Gasteiger partial charge is 0.483 e. The van der Waals surface area contributed by atoms with Crippen LogP contribution in [0.3, 0.4) is 0 Å². The predicted octanol–water partition coefficient (Wildman–Crippen LogP) is 6.67. The second-order valence-corrected chi connectivity index (χ2v) is 9.25.